The van der Waals surface area contributed by atoms with Crippen molar-refractivity contribution in [3.05, 3.63) is 41.7 Å². The molecule has 0 atom stereocenters. The van der Waals surface area contributed by atoms with E-state index < -0.39 is 5.97 Å². The van der Waals surface area contributed by atoms with Gasteiger partial charge in [0.25, 0.3) is 0 Å². The van der Waals surface area contributed by atoms with Crippen LogP contribution in [0.2, 0.25) is 0 Å². The molecule has 82 valence electrons. The Labute approximate surface area is 91.6 Å². The molecule has 0 aliphatic rings. The number of aromatic nitrogens is 2. The quantitative estimate of drug-likeness (QED) is 0.802. The van der Waals surface area contributed by atoms with Gasteiger partial charge in [0, 0.05) is 0 Å². The molecule has 0 saturated heterocycles. The number of hydrogen-bond donors (Lipinski definition) is 2. The van der Waals surface area contributed by atoms with Crippen molar-refractivity contribution in [3.8, 4) is 11.4 Å². The van der Waals surface area contributed by atoms with Crippen LogP contribution in [0.3, 0.4) is 0 Å². The molecule has 0 unspecified atom stereocenters. The van der Waals surface area contributed by atoms with E-state index in [0.717, 1.165) is 0 Å². The van der Waals surface area contributed by atoms with Gasteiger partial charge < -0.3 is 10.2 Å². The summed E-state index contributed by atoms with van der Waals surface area (Å²) in [4.78, 5) is 10.8. The Kier molecular flexibility index (Phi) is 2.36. The molecule has 2 N–H and O–H groups in total. The van der Waals surface area contributed by atoms with E-state index >= 15 is 0 Å². The summed E-state index contributed by atoms with van der Waals surface area (Å²) in [6, 6.07) is 6.35. The first kappa shape index (κ1) is 10.2. The van der Waals surface area contributed by atoms with Crippen molar-refractivity contribution < 1.29 is 15.0 Å². The van der Waals surface area contributed by atoms with Crippen molar-refractivity contribution in [1.29, 1.82) is 0 Å². The highest BCUT2D eigenvalue weighted by Crippen LogP contribution is 2.17. The highest BCUT2D eigenvalue weighted by atomic mass is 16.4. The molecular weight excluding hydrogens is 208 g/mol. The molecule has 16 heavy (non-hydrogen) atoms. The van der Waals surface area contributed by atoms with Crippen molar-refractivity contribution in [1.82, 2.24) is 9.78 Å². The van der Waals surface area contributed by atoms with E-state index in [1.165, 1.54) is 23.0 Å². The third-order valence-electron chi connectivity index (χ3n) is 2.23. The van der Waals surface area contributed by atoms with E-state index in [2.05, 4.69) is 5.10 Å². The van der Waals surface area contributed by atoms with Crippen molar-refractivity contribution in [2.75, 3.05) is 0 Å². The lowest BCUT2D eigenvalue weighted by Crippen LogP contribution is -2.00. The largest absolute Gasteiger partial charge is 0.504 e. The van der Waals surface area contributed by atoms with Gasteiger partial charge in [-0.25, -0.2) is 9.48 Å². The van der Waals surface area contributed by atoms with E-state index in [0.29, 0.717) is 11.4 Å². The number of nitrogens with zero attached hydrogens (tertiary/aromatic N) is 2. The maximum Gasteiger partial charge on any atom is 0.335 e. The van der Waals surface area contributed by atoms with Crippen LogP contribution in [0.5, 0.6) is 5.75 Å². The summed E-state index contributed by atoms with van der Waals surface area (Å²) in [6.45, 7) is 1.67. The van der Waals surface area contributed by atoms with Crippen molar-refractivity contribution in [2.45, 2.75) is 6.92 Å². The second-order valence-corrected chi connectivity index (χ2v) is 3.40. The Morgan fingerprint density at radius 3 is 2.75 bits per heavy atom. The van der Waals surface area contributed by atoms with Crippen LogP contribution in [0, 0.1) is 6.92 Å². The van der Waals surface area contributed by atoms with Crippen molar-refractivity contribution in [3.63, 3.8) is 0 Å². The van der Waals surface area contributed by atoms with Gasteiger partial charge in [-0.1, -0.05) is 6.07 Å². The van der Waals surface area contributed by atoms with Gasteiger partial charge in [0.1, 0.15) is 5.69 Å². The van der Waals surface area contributed by atoms with E-state index in [1.807, 2.05) is 0 Å². The van der Waals surface area contributed by atoms with E-state index in [-0.39, 0.29) is 11.3 Å². The maximum atomic E-state index is 10.8. The van der Waals surface area contributed by atoms with Crippen LogP contribution in [-0.2, 0) is 0 Å². The number of rotatable bonds is 2. The van der Waals surface area contributed by atoms with Crippen LogP contribution >= 0.6 is 0 Å². The van der Waals surface area contributed by atoms with Gasteiger partial charge in [0.15, 0.2) is 5.75 Å². The Hall–Kier alpha value is -2.30. The maximum absolute atomic E-state index is 10.8. The third kappa shape index (κ3) is 1.75. The van der Waals surface area contributed by atoms with Crippen LogP contribution in [0.25, 0.3) is 5.69 Å². The molecular formula is C11H10N2O3. The number of aromatic carboxylic acids is 1. The molecule has 1 aromatic carbocycles. The minimum atomic E-state index is -0.991. The first-order chi connectivity index (χ1) is 7.58. The number of carboxylic acid groups (broad SMARTS) is 1. The van der Waals surface area contributed by atoms with Gasteiger partial charge >= 0.3 is 5.97 Å². The highest BCUT2D eigenvalue weighted by Gasteiger charge is 2.07. The van der Waals surface area contributed by atoms with Crippen LogP contribution in [0.4, 0.5) is 0 Å². The molecule has 0 fully saturated rings. The Bertz CT molecular complexity index is 526. The Balaban J connectivity index is 2.48. The summed E-state index contributed by atoms with van der Waals surface area (Å²) in [7, 11) is 0. The molecule has 0 bridgehead atoms. The van der Waals surface area contributed by atoms with Gasteiger partial charge in [-0.2, -0.15) is 5.10 Å². The lowest BCUT2D eigenvalue weighted by Gasteiger charge is -2.01. The molecule has 1 aromatic heterocycles. The SMILES string of the molecule is Cc1nn(-c2cccc(C(=O)O)c2)cc1O. The van der Waals surface area contributed by atoms with Crippen LogP contribution in [-0.4, -0.2) is 26.0 Å². The molecule has 0 spiro atoms. The second-order valence-electron chi connectivity index (χ2n) is 3.40. The third-order valence-corrected chi connectivity index (χ3v) is 2.23. The first-order valence-electron chi connectivity index (χ1n) is 4.67. The fourth-order valence-electron chi connectivity index (χ4n) is 1.36. The number of carboxylic acids is 1. The molecule has 0 amide bonds. The summed E-state index contributed by atoms with van der Waals surface area (Å²) < 4.78 is 1.44. The summed E-state index contributed by atoms with van der Waals surface area (Å²) >= 11 is 0. The Morgan fingerprint density at radius 2 is 2.19 bits per heavy atom. The van der Waals surface area contributed by atoms with Crippen molar-refractivity contribution >= 4 is 5.97 Å². The monoisotopic (exact) mass is 218 g/mol. The number of benzene rings is 1. The Morgan fingerprint density at radius 1 is 1.44 bits per heavy atom. The summed E-state index contributed by atoms with van der Waals surface area (Å²) in [5.41, 5.74) is 1.29. The molecule has 1 heterocycles. The van der Waals surface area contributed by atoms with Gasteiger partial charge in [0.05, 0.1) is 17.4 Å². The number of carbonyl (C=O) groups is 1. The van der Waals surface area contributed by atoms with E-state index in [1.54, 1.807) is 19.1 Å². The average molecular weight is 218 g/mol. The van der Waals surface area contributed by atoms with Gasteiger partial charge in [-0.3, -0.25) is 0 Å². The number of aromatic hydroxyl groups is 1. The molecule has 0 saturated carbocycles. The van der Waals surface area contributed by atoms with Crippen LogP contribution < -0.4 is 0 Å². The standard InChI is InChI=1S/C11H10N2O3/c1-7-10(14)6-13(12-7)9-4-2-3-8(5-9)11(15)16/h2-6,14H,1H3,(H,15,16). The van der Waals surface area contributed by atoms with E-state index in [4.69, 9.17) is 5.11 Å². The lowest BCUT2D eigenvalue weighted by atomic mass is 10.2. The summed E-state index contributed by atoms with van der Waals surface area (Å²) in [5.74, 6) is -0.907. The normalized spacial score (nSPS) is 10.3. The van der Waals surface area contributed by atoms with Gasteiger partial charge in [-0.05, 0) is 25.1 Å². The molecule has 5 nitrogen and oxygen atoms in total. The predicted octanol–water partition coefficient (Wildman–Crippen LogP) is 1.58. The topological polar surface area (TPSA) is 75.4 Å². The van der Waals surface area contributed by atoms with Crippen LogP contribution in [0.1, 0.15) is 16.1 Å². The molecule has 0 aliphatic carbocycles. The van der Waals surface area contributed by atoms with Gasteiger partial charge in [-0.15, -0.1) is 0 Å². The predicted molar refractivity (Wildman–Crippen MR) is 56.9 cm³/mol. The molecule has 5 heteroatoms. The fourth-order valence-corrected chi connectivity index (χ4v) is 1.36. The molecule has 0 radical (unpaired) electrons. The van der Waals surface area contributed by atoms with E-state index in [9.17, 15) is 9.90 Å². The molecule has 2 aromatic rings. The smallest absolute Gasteiger partial charge is 0.335 e. The van der Waals surface area contributed by atoms with Gasteiger partial charge in [0.2, 0.25) is 0 Å². The molecule has 0 aliphatic heterocycles. The number of aryl methyl sites for hydroxylation is 1. The zero-order valence-corrected chi connectivity index (χ0v) is 8.58. The average Bonchev–Trinajstić information content (AvgIpc) is 2.59. The highest BCUT2D eigenvalue weighted by molar-refractivity contribution is 5.88. The lowest BCUT2D eigenvalue weighted by molar-refractivity contribution is 0.0697. The molecule has 2 rings (SSSR count). The minimum absolute atomic E-state index is 0.0840. The zero-order chi connectivity index (χ0) is 11.7. The zero-order valence-electron chi connectivity index (χ0n) is 8.58. The summed E-state index contributed by atoms with van der Waals surface area (Å²) in [6.07, 6.45) is 1.44. The minimum Gasteiger partial charge on any atom is -0.504 e. The van der Waals surface area contributed by atoms with Crippen molar-refractivity contribution in [2.24, 2.45) is 0 Å². The second kappa shape index (κ2) is 3.69. The van der Waals surface area contributed by atoms with Crippen LogP contribution in [0.15, 0.2) is 30.5 Å². The first-order valence-corrected chi connectivity index (χ1v) is 4.67. The number of hydrogen-bond acceptors (Lipinski definition) is 3. The fraction of sp³-hybridized carbons (Fsp3) is 0.0909. The summed E-state index contributed by atoms with van der Waals surface area (Å²) in [5, 5.41) is 22.3.